The van der Waals surface area contributed by atoms with Gasteiger partial charge in [-0.05, 0) is 85.4 Å². The molecule has 2 bridgehead atoms. The molecule has 0 aliphatic carbocycles. The van der Waals surface area contributed by atoms with Crippen LogP contribution in [0.3, 0.4) is 0 Å². The van der Waals surface area contributed by atoms with E-state index in [2.05, 4.69) is 60.3 Å². The van der Waals surface area contributed by atoms with Crippen molar-refractivity contribution in [3.63, 3.8) is 0 Å². The molecule has 0 saturated carbocycles. The lowest BCUT2D eigenvalue weighted by molar-refractivity contribution is 0.166. The summed E-state index contributed by atoms with van der Waals surface area (Å²) < 4.78 is 12.0. The van der Waals surface area contributed by atoms with E-state index in [9.17, 15) is 9.90 Å². The van der Waals surface area contributed by atoms with Crippen LogP contribution in [0.25, 0.3) is 32.8 Å². The molecule has 4 fully saturated rings. The summed E-state index contributed by atoms with van der Waals surface area (Å²) in [5.74, 6) is 1.10. The van der Waals surface area contributed by atoms with Gasteiger partial charge >= 0.3 is 12.0 Å². The Labute approximate surface area is 275 Å². The number of nitrogens with zero attached hydrogens (tertiary/aromatic N) is 5. The van der Waals surface area contributed by atoms with Gasteiger partial charge in [-0.2, -0.15) is 9.97 Å². The Morgan fingerprint density at radius 3 is 2.60 bits per heavy atom. The van der Waals surface area contributed by atoms with E-state index >= 15 is 0 Å². The van der Waals surface area contributed by atoms with Crippen LogP contribution in [0.5, 0.6) is 11.8 Å². The molecule has 4 aliphatic heterocycles. The second-order valence-corrected chi connectivity index (χ2v) is 14.6. The average molecular weight is 637 g/mol. The average Bonchev–Trinajstić information content (AvgIpc) is 3.71. The van der Waals surface area contributed by atoms with Crippen LogP contribution in [0.1, 0.15) is 39.5 Å². The van der Waals surface area contributed by atoms with E-state index < -0.39 is 0 Å². The van der Waals surface area contributed by atoms with Crippen LogP contribution in [0.15, 0.2) is 54.6 Å². The number of carbonyl (C=O) groups is 1. The van der Waals surface area contributed by atoms with Gasteiger partial charge in [-0.25, -0.2) is 4.79 Å². The fraction of sp³-hybridized carbons (Fsp3) is 0.486. The number of ether oxygens (including phenoxy) is 2. The quantitative estimate of drug-likeness (QED) is 0.290. The molecule has 2 N–H and O–H groups in total. The largest absolute Gasteiger partial charge is 0.508 e. The zero-order valence-corrected chi connectivity index (χ0v) is 27.5. The van der Waals surface area contributed by atoms with Gasteiger partial charge in [0.1, 0.15) is 18.2 Å². The molecule has 2 amide bonds. The number of aromatic hydroxyl groups is 1. The molecule has 4 saturated heterocycles. The Balaban J connectivity index is 1.13. The number of benzene rings is 3. The number of aromatic nitrogens is 2. The van der Waals surface area contributed by atoms with Gasteiger partial charge in [-0.1, -0.05) is 44.2 Å². The maximum absolute atomic E-state index is 13.5. The van der Waals surface area contributed by atoms with E-state index in [1.807, 2.05) is 29.2 Å². The van der Waals surface area contributed by atoms with E-state index in [1.54, 1.807) is 6.07 Å². The maximum Gasteiger partial charge on any atom is 0.319 e. The van der Waals surface area contributed by atoms with Crippen LogP contribution < -0.4 is 15.0 Å². The Hall–Kier alpha value is -4.15. The number of hydrogen-bond donors (Lipinski definition) is 2. The van der Waals surface area contributed by atoms with Crippen molar-refractivity contribution in [2.75, 3.05) is 51.4 Å². The lowest BCUT2D eigenvalue weighted by Crippen LogP contribution is -2.59. The second kappa shape index (κ2) is 11.8. The number of rotatable bonds is 6. The van der Waals surface area contributed by atoms with Crippen molar-refractivity contribution >= 4 is 33.5 Å². The highest BCUT2D eigenvalue weighted by Crippen LogP contribution is 2.40. The molecule has 0 spiro atoms. The Morgan fingerprint density at radius 2 is 1.85 bits per heavy atom. The van der Waals surface area contributed by atoms with Crippen LogP contribution >= 0.6 is 0 Å². The molecule has 10 heteroatoms. The van der Waals surface area contributed by atoms with Gasteiger partial charge in [0.05, 0.1) is 24.8 Å². The van der Waals surface area contributed by atoms with E-state index in [0.29, 0.717) is 45.0 Å². The predicted octanol–water partition coefficient (Wildman–Crippen LogP) is 5.42. The third-order valence-corrected chi connectivity index (χ3v) is 10.9. The van der Waals surface area contributed by atoms with E-state index in [4.69, 9.17) is 19.4 Å². The zero-order chi connectivity index (χ0) is 32.3. The van der Waals surface area contributed by atoms with Gasteiger partial charge in [0.15, 0.2) is 0 Å². The SMILES string of the molecule is CN1CCC[C@H]1COc1nc(N2[C@@H]3CC[C@H]2CN(C(=O)NC2COCC2(C)C)C3)c2ccc(-c3cc(O)cc4ccccc34)cc2n1. The summed E-state index contributed by atoms with van der Waals surface area (Å²) in [7, 11) is 2.15. The van der Waals surface area contributed by atoms with E-state index in [-0.39, 0.29) is 35.3 Å². The Kier molecular flexibility index (Phi) is 7.60. The highest BCUT2D eigenvalue weighted by molar-refractivity contribution is 6.01. The standard InChI is InChI=1S/C37H44N6O4/c1-37(2)22-46-21-33(37)39-36(45)42-18-25-11-12-26(19-42)43(25)34-30-13-10-24(31-17-28(44)15-23-7-4-5-9-29(23)31)16-32(30)38-35(40-34)47-20-27-8-6-14-41(27)3/h4-5,7,9-10,13,15-17,25-27,33,44H,6,8,11-12,14,18-22H2,1-3H3,(H,39,45)/t25-,26+,27-,33?/m0/s1. The van der Waals surface area contributed by atoms with Gasteiger partial charge in [0, 0.05) is 42.0 Å². The molecule has 8 rings (SSSR count). The summed E-state index contributed by atoms with van der Waals surface area (Å²) in [6.07, 6.45) is 4.26. The van der Waals surface area contributed by atoms with Gasteiger partial charge in [0.25, 0.3) is 0 Å². The summed E-state index contributed by atoms with van der Waals surface area (Å²) in [5.41, 5.74) is 2.65. The number of anilines is 1. The molecule has 10 nitrogen and oxygen atoms in total. The molecule has 4 atom stereocenters. The maximum atomic E-state index is 13.5. The number of likely N-dealkylation sites (tertiary alicyclic amines) is 2. The van der Waals surface area contributed by atoms with Crippen molar-refractivity contribution < 1.29 is 19.4 Å². The highest BCUT2D eigenvalue weighted by Gasteiger charge is 2.44. The molecule has 0 radical (unpaired) electrons. The Morgan fingerprint density at radius 1 is 1.04 bits per heavy atom. The minimum absolute atomic E-state index is 0.00736. The van der Waals surface area contributed by atoms with E-state index in [0.717, 1.165) is 64.4 Å². The number of nitrogens with one attached hydrogen (secondary N) is 1. The van der Waals surface area contributed by atoms with Crippen LogP contribution in [0, 0.1) is 5.41 Å². The summed E-state index contributed by atoms with van der Waals surface area (Å²) >= 11 is 0. The third kappa shape index (κ3) is 5.61. The number of carbonyl (C=O) groups excluding carboxylic acids is 1. The summed E-state index contributed by atoms with van der Waals surface area (Å²) in [4.78, 5) is 30.3. The molecule has 4 aliphatic rings. The predicted molar refractivity (Wildman–Crippen MR) is 183 cm³/mol. The number of phenols is 1. The number of likely N-dealkylation sites (N-methyl/N-ethyl adjacent to an activating group) is 1. The molecule has 47 heavy (non-hydrogen) atoms. The smallest absolute Gasteiger partial charge is 0.319 e. The normalized spacial score (nSPS) is 25.6. The minimum Gasteiger partial charge on any atom is -0.508 e. The van der Waals surface area contributed by atoms with Crippen LogP contribution in [-0.4, -0.2) is 102 Å². The Bertz CT molecular complexity index is 1820. The molecular formula is C37H44N6O4. The third-order valence-electron chi connectivity index (χ3n) is 10.9. The van der Waals surface area contributed by atoms with Gasteiger partial charge in [-0.3, -0.25) is 0 Å². The summed E-state index contributed by atoms with van der Waals surface area (Å²) in [6.45, 7) is 8.39. The minimum atomic E-state index is -0.0797. The van der Waals surface area contributed by atoms with Crippen LogP contribution in [-0.2, 0) is 4.74 Å². The molecular weight excluding hydrogens is 592 g/mol. The first-order chi connectivity index (χ1) is 22.7. The zero-order valence-electron chi connectivity index (χ0n) is 27.5. The molecule has 1 aromatic heterocycles. The summed E-state index contributed by atoms with van der Waals surface area (Å²) in [6, 6.07) is 19.0. The van der Waals surface area contributed by atoms with Crippen LogP contribution in [0.2, 0.25) is 0 Å². The molecule has 4 aromatic rings. The molecule has 1 unspecified atom stereocenters. The molecule has 3 aromatic carbocycles. The van der Waals surface area contributed by atoms with Crippen molar-refractivity contribution in [3.05, 3.63) is 54.6 Å². The second-order valence-electron chi connectivity index (χ2n) is 14.6. The first-order valence-corrected chi connectivity index (χ1v) is 17.0. The van der Waals surface area contributed by atoms with Crippen molar-refractivity contribution in [2.24, 2.45) is 5.41 Å². The monoisotopic (exact) mass is 636 g/mol. The number of phenolic OH excluding ortho intramolecular Hbond substituents is 1. The fourth-order valence-corrected chi connectivity index (χ4v) is 8.07. The van der Waals surface area contributed by atoms with Crippen LogP contribution in [0.4, 0.5) is 10.6 Å². The molecule has 246 valence electrons. The number of amides is 2. The van der Waals surface area contributed by atoms with Crippen molar-refractivity contribution in [3.8, 4) is 22.9 Å². The van der Waals surface area contributed by atoms with Gasteiger partial charge in [0.2, 0.25) is 0 Å². The topological polar surface area (TPSA) is 103 Å². The lowest BCUT2D eigenvalue weighted by Gasteiger charge is -2.42. The fourth-order valence-electron chi connectivity index (χ4n) is 8.07. The number of fused-ring (bicyclic) bond motifs is 4. The van der Waals surface area contributed by atoms with Crippen molar-refractivity contribution in [1.29, 1.82) is 0 Å². The van der Waals surface area contributed by atoms with Gasteiger partial charge in [-0.15, -0.1) is 0 Å². The van der Waals surface area contributed by atoms with Crippen molar-refractivity contribution in [1.82, 2.24) is 25.1 Å². The molecule has 5 heterocycles. The summed E-state index contributed by atoms with van der Waals surface area (Å²) in [5, 5.41) is 16.9. The number of urea groups is 1. The number of hydrogen-bond acceptors (Lipinski definition) is 8. The number of piperazine rings is 1. The first-order valence-electron chi connectivity index (χ1n) is 17.0. The first kappa shape index (κ1) is 30.2. The van der Waals surface area contributed by atoms with E-state index in [1.165, 1.54) is 6.42 Å². The highest BCUT2D eigenvalue weighted by atomic mass is 16.5. The lowest BCUT2D eigenvalue weighted by atomic mass is 9.88. The van der Waals surface area contributed by atoms with Gasteiger partial charge < -0.3 is 34.6 Å². The van der Waals surface area contributed by atoms with Crippen molar-refractivity contribution in [2.45, 2.75) is 63.7 Å².